The Hall–Kier alpha value is -3.02. The highest BCUT2D eigenvalue weighted by atomic mass is 16.6. The van der Waals surface area contributed by atoms with Crippen LogP contribution in [0.3, 0.4) is 0 Å². The number of hydrogen-bond donors (Lipinski definition) is 1. The van der Waals surface area contributed by atoms with E-state index in [0.717, 1.165) is 11.3 Å². The Labute approximate surface area is 158 Å². The fraction of sp³-hybridized carbons (Fsp3) is 0.333. The summed E-state index contributed by atoms with van der Waals surface area (Å²) in [6.07, 6.45) is 0.212. The molecule has 1 fully saturated rings. The molecule has 2 aromatic carbocycles. The number of aryl methyl sites for hydroxylation is 2. The second-order valence-corrected chi connectivity index (χ2v) is 7.02. The lowest BCUT2D eigenvalue weighted by Crippen LogP contribution is -2.28. The van der Waals surface area contributed by atoms with Gasteiger partial charge >= 0.3 is 0 Å². The van der Waals surface area contributed by atoms with Crippen molar-refractivity contribution < 1.29 is 19.1 Å². The molecule has 4 rings (SSSR count). The first-order chi connectivity index (χ1) is 13.0. The van der Waals surface area contributed by atoms with Gasteiger partial charge in [-0.15, -0.1) is 0 Å². The molecule has 0 aliphatic carbocycles. The third-order valence-corrected chi connectivity index (χ3v) is 5.11. The third-order valence-electron chi connectivity index (χ3n) is 5.11. The Bertz CT molecular complexity index is 909. The van der Waals surface area contributed by atoms with Crippen LogP contribution in [0.2, 0.25) is 0 Å². The largest absolute Gasteiger partial charge is 0.486 e. The predicted octanol–water partition coefficient (Wildman–Crippen LogP) is 3.07. The predicted molar refractivity (Wildman–Crippen MR) is 102 cm³/mol. The van der Waals surface area contributed by atoms with E-state index < -0.39 is 0 Å². The first-order valence-corrected chi connectivity index (χ1v) is 9.09. The minimum absolute atomic E-state index is 0.0272. The monoisotopic (exact) mass is 366 g/mol. The standard InChI is InChI=1S/C21H22N2O4/c1-13-3-5-17(9-14(13)2)23-12-15(10-20(23)24)21(25)22-16-4-6-18-19(11-16)27-8-7-26-18/h3-6,9,11,15H,7-8,10,12H2,1-2H3,(H,22,25)/t15-/m1/s1. The summed E-state index contributed by atoms with van der Waals surface area (Å²) >= 11 is 0. The highest BCUT2D eigenvalue weighted by Gasteiger charge is 2.35. The number of carbonyl (C=O) groups excluding carboxylic acids is 2. The summed E-state index contributed by atoms with van der Waals surface area (Å²) in [5, 5.41) is 2.89. The van der Waals surface area contributed by atoms with Crippen LogP contribution in [0.15, 0.2) is 36.4 Å². The van der Waals surface area contributed by atoms with E-state index in [2.05, 4.69) is 5.32 Å². The van der Waals surface area contributed by atoms with Crippen molar-refractivity contribution in [2.24, 2.45) is 5.92 Å². The quantitative estimate of drug-likeness (QED) is 0.907. The van der Waals surface area contributed by atoms with Gasteiger partial charge in [0.2, 0.25) is 11.8 Å². The maximum absolute atomic E-state index is 12.7. The maximum atomic E-state index is 12.7. The summed E-state index contributed by atoms with van der Waals surface area (Å²) in [7, 11) is 0. The van der Waals surface area contributed by atoms with Gasteiger partial charge in [-0.05, 0) is 49.2 Å². The summed E-state index contributed by atoms with van der Waals surface area (Å²) < 4.78 is 11.0. The molecule has 6 heteroatoms. The number of anilines is 2. The van der Waals surface area contributed by atoms with Crippen molar-refractivity contribution in [1.29, 1.82) is 0 Å². The van der Waals surface area contributed by atoms with E-state index in [9.17, 15) is 9.59 Å². The van der Waals surface area contributed by atoms with Gasteiger partial charge in [0.05, 0.1) is 5.92 Å². The molecule has 0 radical (unpaired) electrons. The molecule has 0 spiro atoms. The number of ether oxygens (including phenoxy) is 2. The normalized spacial score (nSPS) is 18.5. The molecule has 140 valence electrons. The Morgan fingerprint density at radius 2 is 1.81 bits per heavy atom. The number of rotatable bonds is 3. The van der Waals surface area contributed by atoms with Crippen molar-refractivity contribution in [1.82, 2.24) is 0 Å². The summed E-state index contributed by atoms with van der Waals surface area (Å²) in [5.41, 5.74) is 3.79. The molecule has 2 aliphatic rings. The first-order valence-electron chi connectivity index (χ1n) is 9.09. The Morgan fingerprint density at radius 3 is 2.59 bits per heavy atom. The van der Waals surface area contributed by atoms with Gasteiger partial charge < -0.3 is 19.7 Å². The van der Waals surface area contributed by atoms with Crippen molar-refractivity contribution in [2.45, 2.75) is 20.3 Å². The fourth-order valence-corrected chi connectivity index (χ4v) is 3.39. The Kier molecular flexibility index (Phi) is 4.48. The molecule has 1 atom stereocenters. The zero-order chi connectivity index (χ0) is 19.0. The minimum atomic E-state index is -0.382. The molecular weight excluding hydrogens is 344 g/mol. The average Bonchev–Trinajstić information content (AvgIpc) is 3.06. The van der Waals surface area contributed by atoms with E-state index in [4.69, 9.17) is 9.47 Å². The van der Waals surface area contributed by atoms with Crippen LogP contribution in [0.1, 0.15) is 17.5 Å². The van der Waals surface area contributed by atoms with E-state index in [1.165, 1.54) is 5.56 Å². The Balaban J connectivity index is 1.45. The number of nitrogens with one attached hydrogen (secondary N) is 1. The van der Waals surface area contributed by atoms with Gasteiger partial charge in [0.1, 0.15) is 13.2 Å². The lowest BCUT2D eigenvalue weighted by atomic mass is 10.1. The number of amides is 2. The number of fused-ring (bicyclic) bond motifs is 1. The molecule has 1 saturated heterocycles. The van der Waals surface area contributed by atoms with E-state index >= 15 is 0 Å². The van der Waals surface area contributed by atoms with Gasteiger partial charge in [0.15, 0.2) is 11.5 Å². The van der Waals surface area contributed by atoms with E-state index in [-0.39, 0.29) is 24.2 Å². The molecule has 2 amide bonds. The number of hydrogen-bond acceptors (Lipinski definition) is 4. The first kappa shape index (κ1) is 17.4. The molecule has 0 unspecified atom stereocenters. The lowest BCUT2D eigenvalue weighted by Gasteiger charge is -2.20. The van der Waals surface area contributed by atoms with E-state index in [1.54, 1.807) is 23.1 Å². The second kappa shape index (κ2) is 6.95. The molecule has 0 saturated carbocycles. The van der Waals surface area contributed by atoms with Crippen LogP contribution in [0.4, 0.5) is 11.4 Å². The van der Waals surface area contributed by atoms with Crippen LogP contribution in [-0.4, -0.2) is 31.6 Å². The van der Waals surface area contributed by atoms with Crippen LogP contribution in [0, 0.1) is 19.8 Å². The van der Waals surface area contributed by atoms with Gasteiger partial charge in [-0.1, -0.05) is 6.07 Å². The van der Waals surface area contributed by atoms with Gasteiger partial charge in [0.25, 0.3) is 0 Å². The van der Waals surface area contributed by atoms with Crippen molar-refractivity contribution >= 4 is 23.2 Å². The molecule has 6 nitrogen and oxygen atoms in total. The van der Waals surface area contributed by atoms with E-state index in [0.29, 0.717) is 36.9 Å². The highest BCUT2D eigenvalue weighted by molar-refractivity contribution is 6.03. The maximum Gasteiger partial charge on any atom is 0.229 e. The summed E-state index contributed by atoms with van der Waals surface area (Å²) in [4.78, 5) is 26.8. The third kappa shape index (κ3) is 3.47. The smallest absolute Gasteiger partial charge is 0.229 e. The average molecular weight is 366 g/mol. The van der Waals surface area contributed by atoms with Crippen LogP contribution in [0.5, 0.6) is 11.5 Å². The van der Waals surface area contributed by atoms with Crippen molar-refractivity contribution in [2.75, 3.05) is 30.0 Å². The van der Waals surface area contributed by atoms with Gasteiger partial charge in [-0.2, -0.15) is 0 Å². The summed E-state index contributed by atoms with van der Waals surface area (Å²) in [6, 6.07) is 11.2. The molecule has 0 aromatic heterocycles. The van der Waals surface area contributed by atoms with Gasteiger partial charge in [-0.3, -0.25) is 9.59 Å². The fourth-order valence-electron chi connectivity index (χ4n) is 3.39. The molecule has 1 N–H and O–H groups in total. The van der Waals surface area contributed by atoms with Gasteiger partial charge in [-0.25, -0.2) is 0 Å². The van der Waals surface area contributed by atoms with Crippen LogP contribution in [-0.2, 0) is 9.59 Å². The number of nitrogens with zero attached hydrogens (tertiary/aromatic N) is 1. The van der Waals surface area contributed by atoms with Crippen molar-refractivity contribution in [3.8, 4) is 11.5 Å². The Morgan fingerprint density at radius 1 is 1.04 bits per heavy atom. The number of carbonyl (C=O) groups is 2. The zero-order valence-electron chi connectivity index (χ0n) is 15.5. The van der Waals surface area contributed by atoms with Gasteiger partial charge in [0, 0.05) is 30.4 Å². The summed E-state index contributed by atoms with van der Waals surface area (Å²) in [6.45, 7) is 5.46. The highest BCUT2D eigenvalue weighted by Crippen LogP contribution is 2.33. The lowest BCUT2D eigenvalue weighted by molar-refractivity contribution is -0.122. The molecule has 27 heavy (non-hydrogen) atoms. The van der Waals surface area contributed by atoms with Crippen molar-refractivity contribution in [3.63, 3.8) is 0 Å². The van der Waals surface area contributed by atoms with Crippen LogP contribution < -0.4 is 19.7 Å². The van der Waals surface area contributed by atoms with Crippen molar-refractivity contribution in [3.05, 3.63) is 47.5 Å². The topological polar surface area (TPSA) is 67.9 Å². The van der Waals surface area contributed by atoms with E-state index in [1.807, 2.05) is 32.0 Å². The van der Waals surface area contributed by atoms with Crippen LogP contribution in [0.25, 0.3) is 0 Å². The minimum Gasteiger partial charge on any atom is -0.486 e. The molecule has 2 aliphatic heterocycles. The van der Waals surface area contributed by atoms with Crippen LogP contribution >= 0.6 is 0 Å². The molecule has 2 heterocycles. The molecular formula is C21H22N2O4. The SMILES string of the molecule is Cc1ccc(N2C[C@H](C(=O)Nc3ccc4c(c3)OCCO4)CC2=O)cc1C. The summed E-state index contributed by atoms with van der Waals surface area (Å²) in [5.74, 6) is 0.730. The molecule has 0 bridgehead atoms. The zero-order valence-corrected chi connectivity index (χ0v) is 15.5. The molecule has 2 aromatic rings. The second-order valence-electron chi connectivity index (χ2n) is 7.02. The number of benzene rings is 2.